The molecule has 0 aromatic carbocycles. The van der Waals surface area contributed by atoms with Crippen LogP contribution in [0.15, 0.2) is 0 Å². The molecule has 1 aliphatic carbocycles. The number of rotatable bonds is 7. The summed E-state index contributed by atoms with van der Waals surface area (Å²) < 4.78 is 4.53. The van der Waals surface area contributed by atoms with E-state index in [0.717, 1.165) is 12.8 Å². The van der Waals surface area contributed by atoms with E-state index in [1.807, 2.05) is 0 Å². The van der Waals surface area contributed by atoms with E-state index in [0.29, 0.717) is 25.9 Å². The minimum atomic E-state index is -0.779. The lowest BCUT2D eigenvalue weighted by Gasteiger charge is -2.21. The van der Waals surface area contributed by atoms with E-state index in [2.05, 4.69) is 10.1 Å². The molecule has 7 heteroatoms. The second kappa shape index (κ2) is 8.49. The average molecular weight is 300 g/mol. The van der Waals surface area contributed by atoms with Gasteiger partial charge < -0.3 is 20.1 Å². The van der Waals surface area contributed by atoms with Gasteiger partial charge in [-0.15, -0.1) is 0 Å². The largest absolute Gasteiger partial charge is 0.481 e. The maximum atomic E-state index is 11.9. The first-order valence-electron chi connectivity index (χ1n) is 7.24. The number of hydrogen-bond acceptors (Lipinski definition) is 4. The summed E-state index contributed by atoms with van der Waals surface area (Å²) >= 11 is 0. The third kappa shape index (κ3) is 5.61. The van der Waals surface area contributed by atoms with Crippen LogP contribution in [0.25, 0.3) is 0 Å². The Labute approximate surface area is 124 Å². The van der Waals surface area contributed by atoms with Gasteiger partial charge in [-0.25, -0.2) is 4.79 Å². The van der Waals surface area contributed by atoms with Crippen molar-refractivity contribution in [2.24, 2.45) is 11.8 Å². The fraction of sp³-hybridized carbons (Fsp3) is 0.786. The second-order valence-electron chi connectivity index (χ2n) is 5.42. The Kier molecular flexibility index (Phi) is 6.98. The van der Waals surface area contributed by atoms with E-state index in [4.69, 9.17) is 5.11 Å². The van der Waals surface area contributed by atoms with E-state index < -0.39 is 5.97 Å². The van der Waals surface area contributed by atoms with Crippen LogP contribution in [0.1, 0.15) is 32.1 Å². The van der Waals surface area contributed by atoms with Crippen LogP contribution in [0.4, 0.5) is 4.79 Å². The van der Waals surface area contributed by atoms with Crippen LogP contribution in [-0.4, -0.2) is 55.2 Å². The molecule has 0 saturated heterocycles. The summed E-state index contributed by atoms with van der Waals surface area (Å²) in [6, 6.07) is -0.240. The number of hydrogen-bond donors (Lipinski definition) is 2. The maximum absolute atomic E-state index is 11.9. The zero-order valence-electron chi connectivity index (χ0n) is 12.6. The van der Waals surface area contributed by atoms with Gasteiger partial charge in [-0.05, 0) is 25.2 Å². The first-order valence-corrected chi connectivity index (χ1v) is 7.24. The number of nitrogens with one attached hydrogen (secondary N) is 1. The first kappa shape index (κ1) is 17.3. The lowest BCUT2D eigenvalue weighted by atomic mass is 9.96. The number of carboxylic acids is 1. The van der Waals surface area contributed by atoms with Crippen LogP contribution in [0.5, 0.6) is 0 Å². The van der Waals surface area contributed by atoms with Crippen LogP contribution >= 0.6 is 0 Å². The van der Waals surface area contributed by atoms with Gasteiger partial charge >= 0.3 is 18.0 Å². The predicted octanol–water partition coefficient (Wildman–Crippen LogP) is 1.08. The lowest BCUT2D eigenvalue weighted by molar-refractivity contribution is -0.143. The molecular weight excluding hydrogens is 276 g/mol. The van der Waals surface area contributed by atoms with E-state index in [9.17, 15) is 14.4 Å². The van der Waals surface area contributed by atoms with Gasteiger partial charge in [0, 0.05) is 26.6 Å². The van der Waals surface area contributed by atoms with Gasteiger partial charge in [0.25, 0.3) is 0 Å². The van der Waals surface area contributed by atoms with Gasteiger partial charge in [-0.2, -0.15) is 0 Å². The summed E-state index contributed by atoms with van der Waals surface area (Å²) in [7, 11) is 2.98. The maximum Gasteiger partial charge on any atom is 0.317 e. The van der Waals surface area contributed by atoms with Gasteiger partial charge in [0.1, 0.15) is 0 Å². The standard InChI is InChI=1S/C14H24N2O5/c1-16(8-4-7-12(17)21-2)14(20)15-9-10-5-3-6-11(10)13(18)19/h10-11H,3-9H2,1-2H3,(H,15,20)(H,18,19). The molecule has 2 atom stereocenters. The highest BCUT2D eigenvalue weighted by Crippen LogP contribution is 2.31. The summed E-state index contributed by atoms with van der Waals surface area (Å²) in [4.78, 5) is 35.4. The van der Waals surface area contributed by atoms with Gasteiger partial charge in [0.15, 0.2) is 0 Å². The van der Waals surface area contributed by atoms with Crippen molar-refractivity contribution in [2.75, 3.05) is 27.2 Å². The highest BCUT2D eigenvalue weighted by atomic mass is 16.5. The van der Waals surface area contributed by atoms with Crippen molar-refractivity contribution < 1.29 is 24.2 Å². The summed E-state index contributed by atoms with van der Waals surface area (Å²) in [5, 5.41) is 11.9. The van der Waals surface area contributed by atoms with Crippen LogP contribution < -0.4 is 5.32 Å². The molecule has 0 bridgehead atoms. The van der Waals surface area contributed by atoms with Crippen molar-refractivity contribution >= 4 is 18.0 Å². The third-order valence-electron chi connectivity index (χ3n) is 3.94. The molecule has 1 aliphatic rings. The number of amides is 2. The number of carbonyl (C=O) groups excluding carboxylic acids is 2. The first-order chi connectivity index (χ1) is 9.95. The monoisotopic (exact) mass is 300 g/mol. The van der Waals surface area contributed by atoms with Crippen LogP contribution in [-0.2, 0) is 14.3 Å². The minimum Gasteiger partial charge on any atom is -0.481 e. The Hall–Kier alpha value is -1.79. The summed E-state index contributed by atoms with van der Waals surface area (Å²) in [6.45, 7) is 0.838. The average Bonchev–Trinajstić information content (AvgIpc) is 2.92. The highest BCUT2D eigenvalue weighted by Gasteiger charge is 2.32. The summed E-state index contributed by atoms with van der Waals surface area (Å²) in [5.41, 5.74) is 0. The van der Waals surface area contributed by atoms with Crippen molar-refractivity contribution in [3.63, 3.8) is 0 Å². The highest BCUT2D eigenvalue weighted by molar-refractivity contribution is 5.74. The lowest BCUT2D eigenvalue weighted by Crippen LogP contribution is -2.41. The molecule has 0 heterocycles. The van der Waals surface area contributed by atoms with Crippen molar-refractivity contribution in [3.05, 3.63) is 0 Å². The molecule has 120 valence electrons. The molecule has 2 amide bonds. The number of esters is 1. The second-order valence-corrected chi connectivity index (χ2v) is 5.42. The number of methoxy groups -OCH3 is 1. The summed E-state index contributed by atoms with van der Waals surface area (Å²) in [6.07, 6.45) is 3.23. The minimum absolute atomic E-state index is 0.00918. The summed E-state index contributed by atoms with van der Waals surface area (Å²) in [5.74, 6) is -1.41. The Morgan fingerprint density at radius 1 is 1.33 bits per heavy atom. The number of urea groups is 1. The molecular formula is C14H24N2O5. The number of nitrogens with zero attached hydrogens (tertiary/aromatic N) is 1. The van der Waals surface area contributed by atoms with Gasteiger partial charge in [-0.1, -0.05) is 6.42 Å². The Balaban J connectivity index is 2.26. The van der Waals surface area contributed by atoms with Crippen molar-refractivity contribution in [1.82, 2.24) is 10.2 Å². The van der Waals surface area contributed by atoms with E-state index >= 15 is 0 Å². The van der Waals surface area contributed by atoms with Crippen molar-refractivity contribution in [3.8, 4) is 0 Å². The van der Waals surface area contributed by atoms with E-state index in [-0.39, 0.29) is 30.3 Å². The van der Waals surface area contributed by atoms with Crippen molar-refractivity contribution in [1.29, 1.82) is 0 Å². The Morgan fingerprint density at radius 3 is 2.67 bits per heavy atom. The zero-order chi connectivity index (χ0) is 15.8. The van der Waals surface area contributed by atoms with E-state index in [1.165, 1.54) is 12.0 Å². The number of carboxylic acid groups (broad SMARTS) is 1. The Morgan fingerprint density at radius 2 is 2.05 bits per heavy atom. The smallest absolute Gasteiger partial charge is 0.317 e. The third-order valence-corrected chi connectivity index (χ3v) is 3.94. The Bertz CT molecular complexity index is 386. The topological polar surface area (TPSA) is 95.9 Å². The van der Waals surface area contributed by atoms with Gasteiger partial charge in [-0.3, -0.25) is 9.59 Å². The molecule has 0 radical (unpaired) electrons. The molecule has 0 aromatic rings. The van der Waals surface area contributed by atoms with Gasteiger partial charge in [0.05, 0.1) is 13.0 Å². The zero-order valence-corrected chi connectivity index (χ0v) is 12.6. The number of aliphatic carboxylic acids is 1. The molecule has 0 aliphatic heterocycles. The van der Waals surface area contributed by atoms with Crippen molar-refractivity contribution in [2.45, 2.75) is 32.1 Å². The van der Waals surface area contributed by atoms with E-state index in [1.54, 1.807) is 7.05 Å². The molecule has 2 unspecified atom stereocenters. The molecule has 2 N–H and O–H groups in total. The number of carbonyl (C=O) groups is 3. The molecule has 0 spiro atoms. The van der Waals surface area contributed by atoms with Gasteiger partial charge in [0.2, 0.25) is 0 Å². The SMILES string of the molecule is COC(=O)CCCN(C)C(=O)NCC1CCCC1C(=O)O. The van der Waals surface area contributed by atoms with Crippen LogP contribution in [0.2, 0.25) is 0 Å². The molecule has 21 heavy (non-hydrogen) atoms. The molecule has 7 nitrogen and oxygen atoms in total. The molecule has 1 saturated carbocycles. The van der Waals surface area contributed by atoms with Crippen LogP contribution in [0.3, 0.4) is 0 Å². The molecule has 1 fully saturated rings. The van der Waals surface area contributed by atoms with Crippen LogP contribution in [0, 0.1) is 11.8 Å². The predicted molar refractivity (Wildman–Crippen MR) is 75.7 cm³/mol. The molecule has 0 aromatic heterocycles. The fourth-order valence-corrected chi connectivity index (χ4v) is 2.62. The fourth-order valence-electron chi connectivity index (χ4n) is 2.62. The number of ether oxygens (including phenoxy) is 1. The molecule has 1 rings (SSSR count). The quantitative estimate of drug-likeness (QED) is 0.686. The normalized spacial score (nSPS) is 20.9.